The lowest BCUT2D eigenvalue weighted by Gasteiger charge is -2.34. The predicted molar refractivity (Wildman–Crippen MR) is 89.7 cm³/mol. The molecule has 2 heterocycles. The highest BCUT2D eigenvalue weighted by Gasteiger charge is 2.25. The van der Waals surface area contributed by atoms with Gasteiger partial charge in [0.15, 0.2) is 0 Å². The molecule has 2 aromatic rings. The van der Waals surface area contributed by atoms with Gasteiger partial charge in [0.05, 0.1) is 9.77 Å². The lowest BCUT2D eigenvalue weighted by Crippen LogP contribution is -2.51. The first-order valence-electron chi connectivity index (χ1n) is 6.99. The number of hydrogen-bond donors (Lipinski definition) is 0. The number of benzene rings is 1. The second kappa shape index (κ2) is 6.47. The van der Waals surface area contributed by atoms with E-state index in [1.807, 2.05) is 30.3 Å². The molecule has 0 aliphatic carbocycles. The highest BCUT2D eigenvalue weighted by atomic mass is 127. The van der Waals surface area contributed by atoms with E-state index in [-0.39, 0.29) is 11.9 Å². The molecule has 1 aromatic carbocycles. The summed E-state index contributed by atoms with van der Waals surface area (Å²) in [5, 5.41) is 4.03. The van der Waals surface area contributed by atoms with Gasteiger partial charge in [-0.15, -0.1) is 0 Å². The molecule has 2 amide bonds. The number of carbonyl (C=O) groups is 2. The Kier molecular flexibility index (Phi) is 4.41. The number of amides is 2. The zero-order chi connectivity index (χ0) is 15.5. The maximum atomic E-state index is 12.4. The van der Waals surface area contributed by atoms with Crippen molar-refractivity contribution in [2.24, 2.45) is 0 Å². The Bertz CT molecular complexity index is 678. The van der Waals surface area contributed by atoms with Crippen molar-refractivity contribution in [1.29, 1.82) is 0 Å². The van der Waals surface area contributed by atoms with Gasteiger partial charge in [-0.2, -0.15) is 9.78 Å². The standard InChI is InChI=1S/C15H15IN4O2/c16-13-10-17-20(11-13)15(22)19-8-6-18(7-9-19)14(21)12-4-2-1-3-5-12/h1-5,10-11H,6-9H2. The van der Waals surface area contributed by atoms with Crippen LogP contribution in [-0.2, 0) is 0 Å². The van der Waals surface area contributed by atoms with Gasteiger partial charge in [0, 0.05) is 37.9 Å². The first-order valence-corrected chi connectivity index (χ1v) is 8.07. The molecular weight excluding hydrogens is 395 g/mol. The summed E-state index contributed by atoms with van der Waals surface area (Å²) in [7, 11) is 0. The smallest absolute Gasteiger partial charge is 0.335 e. The van der Waals surface area contributed by atoms with Crippen LogP contribution in [0.4, 0.5) is 4.79 Å². The van der Waals surface area contributed by atoms with Gasteiger partial charge in [-0.25, -0.2) is 4.79 Å². The summed E-state index contributed by atoms with van der Waals surface area (Å²) in [4.78, 5) is 28.1. The molecule has 1 aromatic heterocycles. The quantitative estimate of drug-likeness (QED) is 0.676. The average Bonchev–Trinajstić information content (AvgIpc) is 3.01. The molecule has 114 valence electrons. The van der Waals surface area contributed by atoms with E-state index in [1.165, 1.54) is 4.68 Å². The van der Waals surface area contributed by atoms with E-state index in [0.717, 1.165) is 3.57 Å². The molecule has 1 aliphatic rings. The van der Waals surface area contributed by atoms with Gasteiger partial charge in [-0.05, 0) is 34.7 Å². The molecule has 3 rings (SSSR count). The largest absolute Gasteiger partial charge is 0.344 e. The van der Waals surface area contributed by atoms with E-state index in [1.54, 1.807) is 22.2 Å². The van der Waals surface area contributed by atoms with Gasteiger partial charge in [-0.3, -0.25) is 4.79 Å². The third-order valence-corrected chi connectivity index (χ3v) is 4.16. The van der Waals surface area contributed by atoms with Gasteiger partial charge in [0.2, 0.25) is 0 Å². The average molecular weight is 410 g/mol. The highest BCUT2D eigenvalue weighted by Crippen LogP contribution is 2.10. The minimum Gasteiger partial charge on any atom is -0.335 e. The molecule has 0 spiro atoms. The summed E-state index contributed by atoms with van der Waals surface area (Å²) >= 11 is 2.12. The normalized spacial score (nSPS) is 15.0. The van der Waals surface area contributed by atoms with Crippen LogP contribution in [-0.4, -0.2) is 57.7 Å². The van der Waals surface area contributed by atoms with Crippen molar-refractivity contribution in [3.8, 4) is 0 Å². The molecule has 0 unspecified atom stereocenters. The minimum absolute atomic E-state index is 0.0151. The number of hydrogen-bond acceptors (Lipinski definition) is 3. The Balaban J connectivity index is 1.61. The van der Waals surface area contributed by atoms with Crippen molar-refractivity contribution in [3.05, 3.63) is 51.9 Å². The number of nitrogens with zero attached hydrogens (tertiary/aromatic N) is 4. The SMILES string of the molecule is O=C(c1ccccc1)N1CCN(C(=O)n2cc(I)cn2)CC1. The van der Waals surface area contributed by atoms with Gasteiger partial charge in [0.1, 0.15) is 0 Å². The maximum absolute atomic E-state index is 12.4. The van der Waals surface area contributed by atoms with E-state index in [4.69, 9.17) is 0 Å². The van der Waals surface area contributed by atoms with Crippen molar-refractivity contribution >= 4 is 34.5 Å². The molecule has 0 atom stereocenters. The van der Waals surface area contributed by atoms with Crippen LogP contribution in [0, 0.1) is 3.57 Å². The molecule has 0 saturated carbocycles. The summed E-state index contributed by atoms with van der Waals surface area (Å²) in [6.45, 7) is 2.12. The second-order valence-corrected chi connectivity index (χ2v) is 6.28. The zero-order valence-electron chi connectivity index (χ0n) is 11.9. The Labute approximate surface area is 141 Å². The predicted octanol–water partition coefficient (Wildman–Crippen LogP) is 1.91. The number of carbonyl (C=O) groups excluding carboxylic acids is 2. The molecule has 0 N–H and O–H groups in total. The van der Waals surface area contributed by atoms with Crippen LogP contribution in [0.3, 0.4) is 0 Å². The number of piperazine rings is 1. The summed E-state index contributed by atoms with van der Waals surface area (Å²) in [5.74, 6) is 0.0151. The van der Waals surface area contributed by atoms with Crippen molar-refractivity contribution in [1.82, 2.24) is 19.6 Å². The lowest BCUT2D eigenvalue weighted by atomic mass is 10.2. The van der Waals surface area contributed by atoms with Crippen LogP contribution < -0.4 is 0 Å². The number of rotatable bonds is 1. The molecule has 1 aliphatic heterocycles. The van der Waals surface area contributed by atoms with Gasteiger partial charge < -0.3 is 9.80 Å². The topological polar surface area (TPSA) is 58.4 Å². The fourth-order valence-corrected chi connectivity index (χ4v) is 2.80. The van der Waals surface area contributed by atoms with Crippen LogP contribution in [0.15, 0.2) is 42.7 Å². The molecule has 1 saturated heterocycles. The molecule has 7 heteroatoms. The van der Waals surface area contributed by atoms with E-state index in [2.05, 4.69) is 27.7 Å². The zero-order valence-corrected chi connectivity index (χ0v) is 14.0. The molecule has 0 bridgehead atoms. The maximum Gasteiger partial charge on any atom is 0.344 e. The third-order valence-electron chi connectivity index (χ3n) is 3.61. The first-order chi connectivity index (χ1) is 10.6. The van der Waals surface area contributed by atoms with Crippen LogP contribution in [0.25, 0.3) is 0 Å². The Morgan fingerprint density at radius 1 is 1.00 bits per heavy atom. The van der Waals surface area contributed by atoms with Crippen LogP contribution in [0.5, 0.6) is 0 Å². The fraction of sp³-hybridized carbons (Fsp3) is 0.267. The van der Waals surface area contributed by atoms with Crippen molar-refractivity contribution < 1.29 is 9.59 Å². The van der Waals surface area contributed by atoms with E-state index in [0.29, 0.717) is 31.7 Å². The van der Waals surface area contributed by atoms with Crippen LogP contribution in [0.1, 0.15) is 10.4 Å². The van der Waals surface area contributed by atoms with Crippen LogP contribution >= 0.6 is 22.6 Å². The first kappa shape index (κ1) is 15.0. The molecular formula is C15H15IN4O2. The summed E-state index contributed by atoms with van der Waals surface area (Å²) in [6, 6.07) is 9.07. The molecule has 22 heavy (non-hydrogen) atoms. The minimum atomic E-state index is -0.144. The van der Waals surface area contributed by atoms with E-state index < -0.39 is 0 Å². The van der Waals surface area contributed by atoms with Crippen LogP contribution in [0.2, 0.25) is 0 Å². The Hall–Kier alpha value is -1.90. The Morgan fingerprint density at radius 3 is 2.23 bits per heavy atom. The van der Waals surface area contributed by atoms with Crippen molar-refractivity contribution in [2.45, 2.75) is 0 Å². The summed E-state index contributed by atoms with van der Waals surface area (Å²) in [6.07, 6.45) is 3.35. The molecule has 0 radical (unpaired) electrons. The fourth-order valence-electron chi connectivity index (χ4n) is 2.41. The second-order valence-electron chi connectivity index (χ2n) is 5.03. The molecule has 6 nitrogen and oxygen atoms in total. The summed E-state index contributed by atoms with van der Waals surface area (Å²) < 4.78 is 2.26. The molecule has 1 fully saturated rings. The van der Waals surface area contributed by atoms with Crippen molar-refractivity contribution in [3.63, 3.8) is 0 Å². The number of halogens is 1. The van der Waals surface area contributed by atoms with E-state index in [9.17, 15) is 9.59 Å². The lowest BCUT2D eigenvalue weighted by molar-refractivity contribution is 0.0664. The monoisotopic (exact) mass is 410 g/mol. The third kappa shape index (κ3) is 3.13. The highest BCUT2D eigenvalue weighted by molar-refractivity contribution is 14.1. The van der Waals surface area contributed by atoms with Gasteiger partial charge in [-0.1, -0.05) is 18.2 Å². The summed E-state index contributed by atoms with van der Waals surface area (Å²) in [5.41, 5.74) is 0.684. The van der Waals surface area contributed by atoms with E-state index >= 15 is 0 Å². The number of aromatic nitrogens is 2. The van der Waals surface area contributed by atoms with Gasteiger partial charge >= 0.3 is 6.03 Å². The Morgan fingerprint density at radius 2 is 1.64 bits per heavy atom. The van der Waals surface area contributed by atoms with Gasteiger partial charge in [0.25, 0.3) is 5.91 Å². The van der Waals surface area contributed by atoms with Crippen molar-refractivity contribution in [2.75, 3.05) is 26.2 Å².